The number of rotatable bonds is 5. The number of aromatic nitrogens is 3. The molecule has 112 valence electrons. The van der Waals surface area contributed by atoms with E-state index in [1.54, 1.807) is 17.7 Å². The van der Waals surface area contributed by atoms with Gasteiger partial charge < -0.3 is 5.32 Å². The van der Waals surface area contributed by atoms with E-state index in [0.29, 0.717) is 5.02 Å². The van der Waals surface area contributed by atoms with Crippen LogP contribution in [0.2, 0.25) is 5.02 Å². The zero-order chi connectivity index (χ0) is 15.4. The second-order valence-electron chi connectivity index (χ2n) is 4.72. The Kier molecular flexibility index (Phi) is 4.65. The maximum absolute atomic E-state index is 6.24. The predicted octanol–water partition coefficient (Wildman–Crippen LogP) is 4.74. The number of anilines is 1. The third-order valence-corrected chi connectivity index (χ3v) is 4.41. The molecule has 0 aliphatic heterocycles. The summed E-state index contributed by atoms with van der Waals surface area (Å²) in [5.41, 5.74) is 2.57. The second-order valence-corrected chi connectivity index (χ2v) is 6.16. The highest BCUT2D eigenvalue weighted by molar-refractivity contribution is 7.18. The molecule has 22 heavy (non-hydrogen) atoms. The van der Waals surface area contributed by atoms with Gasteiger partial charge in [0, 0.05) is 23.3 Å². The number of nitrogens with one attached hydrogen (secondary N) is 1. The maximum atomic E-state index is 6.24. The Morgan fingerprint density at radius 3 is 2.77 bits per heavy atom. The van der Waals surface area contributed by atoms with Crippen LogP contribution in [0.3, 0.4) is 0 Å². The van der Waals surface area contributed by atoms with E-state index in [-0.39, 0.29) is 0 Å². The molecule has 0 bridgehead atoms. The first-order chi connectivity index (χ1) is 10.8. The molecule has 6 heteroatoms. The van der Waals surface area contributed by atoms with Gasteiger partial charge in [0.05, 0.1) is 16.3 Å². The van der Waals surface area contributed by atoms with Crippen LogP contribution in [0.15, 0.2) is 42.9 Å². The normalized spacial score (nSPS) is 10.6. The van der Waals surface area contributed by atoms with Crippen molar-refractivity contribution in [3.8, 4) is 21.8 Å². The topological polar surface area (TPSA) is 50.7 Å². The fraction of sp³-hybridized carbons (Fsp3) is 0.188. The minimum absolute atomic E-state index is 0.682. The smallest absolute Gasteiger partial charge is 0.183 e. The fourth-order valence-electron chi connectivity index (χ4n) is 2.01. The minimum Gasteiger partial charge on any atom is -0.362 e. The molecular formula is C16H15ClN4S. The molecule has 4 nitrogen and oxygen atoms in total. The Morgan fingerprint density at radius 1 is 1.14 bits per heavy atom. The van der Waals surface area contributed by atoms with Crippen molar-refractivity contribution in [1.29, 1.82) is 0 Å². The lowest BCUT2D eigenvalue weighted by atomic mass is 10.1. The Morgan fingerprint density at radius 2 is 1.95 bits per heavy atom. The standard InChI is InChI=1S/C16H15ClN4S/c1-2-7-18-16-19-9-15(22-16)14-8-13(20-10-21-14)11-5-3-4-6-12(11)17/h3-6,8-10H,2,7H2,1H3,(H,18,19). The average molecular weight is 331 g/mol. The van der Waals surface area contributed by atoms with Gasteiger partial charge in [-0.25, -0.2) is 15.0 Å². The third-order valence-electron chi connectivity index (χ3n) is 3.10. The Hall–Kier alpha value is -1.98. The molecule has 0 atom stereocenters. The van der Waals surface area contributed by atoms with Crippen molar-refractivity contribution in [2.45, 2.75) is 13.3 Å². The van der Waals surface area contributed by atoms with Crippen LogP contribution in [0.5, 0.6) is 0 Å². The summed E-state index contributed by atoms with van der Waals surface area (Å²) >= 11 is 7.83. The van der Waals surface area contributed by atoms with Crippen molar-refractivity contribution in [3.05, 3.63) is 47.9 Å². The molecule has 3 aromatic rings. The molecule has 0 aliphatic rings. The Balaban J connectivity index is 1.91. The number of thiazole rings is 1. The summed E-state index contributed by atoms with van der Waals surface area (Å²) in [4.78, 5) is 14.1. The Bertz CT molecular complexity index is 772. The molecule has 1 N–H and O–H groups in total. The fourth-order valence-corrected chi connectivity index (χ4v) is 3.06. The van der Waals surface area contributed by atoms with Gasteiger partial charge >= 0.3 is 0 Å². The van der Waals surface area contributed by atoms with Crippen LogP contribution in [-0.4, -0.2) is 21.5 Å². The number of benzene rings is 1. The van der Waals surface area contributed by atoms with Gasteiger partial charge in [-0.3, -0.25) is 0 Å². The lowest BCUT2D eigenvalue weighted by Crippen LogP contribution is -1.97. The molecule has 0 fully saturated rings. The van der Waals surface area contributed by atoms with E-state index in [1.165, 1.54) is 0 Å². The number of hydrogen-bond acceptors (Lipinski definition) is 5. The summed E-state index contributed by atoms with van der Waals surface area (Å²) in [5, 5.41) is 4.88. The zero-order valence-electron chi connectivity index (χ0n) is 12.1. The van der Waals surface area contributed by atoms with Gasteiger partial charge in [0.2, 0.25) is 0 Å². The highest BCUT2D eigenvalue weighted by Crippen LogP contribution is 2.31. The van der Waals surface area contributed by atoms with Crippen LogP contribution < -0.4 is 5.32 Å². The van der Waals surface area contributed by atoms with Crippen LogP contribution in [0, 0.1) is 0 Å². The highest BCUT2D eigenvalue weighted by Gasteiger charge is 2.09. The van der Waals surface area contributed by atoms with E-state index in [0.717, 1.165) is 39.9 Å². The maximum Gasteiger partial charge on any atom is 0.183 e. The summed E-state index contributed by atoms with van der Waals surface area (Å²) in [6, 6.07) is 9.61. The van der Waals surface area contributed by atoms with Crippen molar-refractivity contribution in [3.63, 3.8) is 0 Å². The summed E-state index contributed by atoms with van der Waals surface area (Å²) < 4.78 is 0. The van der Waals surface area contributed by atoms with Crippen LogP contribution in [0.25, 0.3) is 21.8 Å². The van der Waals surface area contributed by atoms with Crippen molar-refractivity contribution < 1.29 is 0 Å². The molecule has 0 spiro atoms. The summed E-state index contributed by atoms with van der Waals surface area (Å²) in [6.45, 7) is 3.05. The van der Waals surface area contributed by atoms with Crippen LogP contribution in [-0.2, 0) is 0 Å². The monoisotopic (exact) mass is 330 g/mol. The van der Waals surface area contributed by atoms with Crippen molar-refractivity contribution >= 4 is 28.1 Å². The molecule has 0 unspecified atom stereocenters. The van der Waals surface area contributed by atoms with E-state index >= 15 is 0 Å². The van der Waals surface area contributed by atoms with Gasteiger partial charge in [-0.15, -0.1) is 0 Å². The van der Waals surface area contributed by atoms with E-state index in [4.69, 9.17) is 11.6 Å². The first-order valence-electron chi connectivity index (χ1n) is 7.05. The molecular weight excluding hydrogens is 316 g/mol. The van der Waals surface area contributed by atoms with E-state index < -0.39 is 0 Å². The van der Waals surface area contributed by atoms with Gasteiger partial charge in [0.1, 0.15) is 6.33 Å². The number of halogens is 1. The molecule has 0 radical (unpaired) electrons. The van der Waals surface area contributed by atoms with Crippen LogP contribution >= 0.6 is 22.9 Å². The zero-order valence-corrected chi connectivity index (χ0v) is 13.7. The van der Waals surface area contributed by atoms with Crippen molar-refractivity contribution in [2.24, 2.45) is 0 Å². The van der Waals surface area contributed by atoms with Crippen molar-refractivity contribution in [2.75, 3.05) is 11.9 Å². The van der Waals surface area contributed by atoms with Crippen LogP contribution in [0.1, 0.15) is 13.3 Å². The SMILES string of the molecule is CCCNc1ncc(-c2cc(-c3ccccc3Cl)ncn2)s1. The van der Waals surface area contributed by atoms with Crippen molar-refractivity contribution in [1.82, 2.24) is 15.0 Å². The first kappa shape index (κ1) is 14.9. The summed E-state index contributed by atoms with van der Waals surface area (Å²) in [6.07, 6.45) is 4.47. The quantitative estimate of drug-likeness (QED) is 0.734. The van der Waals surface area contributed by atoms with Crippen LogP contribution in [0.4, 0.5) is 5.13 Å². The largest absolute Gasteiger partial charge is 0.362 e. The van der Waals surface area contributed by atoms with E-state index in [2.05, 4.69) is 27.2 Å². The molecule has 0 amide bonds. The van der Waals surface area contributed by atoms with Gasteiger partial charge in [0.15, 0.2) is 5.13 Å². The lowest BCUT2D eigenvalue weighted by molar-refractivity contribution is 0.976. The van der Waals surface area contributed by atoms with E-state index in [9.17, 15) is 0 Å². The molecule has 0 saturated carbocycles. The number of hydrogen-bond donors (Lipinski definition) is 1. The molecule has 2 aromatic heterocycles. The van der Waals surface area contributed by atoms with Gasteiger partial charge in [-0.05, 0) is 18.6 Å². The molecule has 0 saturated heterocycles. The highest BCUT2D eigenvalue weighted by atomic mass is 35.5. The first-order valence-corrected chi connectivity index (χ1v) is 8.24. The lowest BCUT2D eigenvalue weighted by Gasteiger charge is -2.04. The second kappa shape index (κ2) is 6.85. The van der Waals surface area contributed by atoms with E-state index in [1.807, 2.05) is 36.5 Å². The van der Waals surface area contributed by atoms with Gasteiger partial charge in [0.25, 0.3) is 0 Å². The van der Waals surface area contributed by atoms with Gasteiger partial charge in [-0.2, -0.15) is 0 Å². The summed E-state index contributed by atoms with van der Waals surface area (Å²) in [5.74, 6) is 0. The average Bonchev–Trinajstić information content (AvgIpc) is 3.02. The molecule has 1 aromatic carbocycles. The number of nitrogens with zero attached hydrogens (tertiary/aromatic N) is 3. The van der Waals surface area contributed by atoms with Gasteiger partial charge in [-0.1, -0.05) is 48.1 Å². The third kappa shape index (κ3) is 3.26. The Labute approximate surface area is 138 Å². The molecule has 3 rings (SSSR count). The predicted molar refractivity (Wildman–Crippen MR) is 92.4 cm³/mol. The summed E-state index contributed by atoms with van der Waals surface area (Å²) in [7, 11) is 0. The molecule has 0 aliphatic carbocycles. The minimum atomic E-state index is 0.682. The molecule has 2 heterocycles.